The van der Waals surface area contributed by atoms with E-state index < -0.39 is 0 Å². The Kier molecular flexibility index (Phi) is 5.64. The lowest BCUT2D eigenvalue weighted by molar-refractivity contribution is 0.289. The zero-order chi connectivity index (χ0) is 15.1. The molecule has 0 saturated heterocycles. The Balaban J connectivity index is 1.88. The molecule has 2 rings (SSSR count). The monoisotopic (exact) mass is 285 g/mol. The van der Waals surface area contributed by atoms with E-state index in [4.69, 9.17) is 15.2 Å². The van der Waals surface area contributed by atoms with Gasteiger partial charge in [0, 0.05) is 6.04 Å². The largest absolute Gasteiger partial charge is 0.493 e. The Bertz CT molecular complexity index is 552. The van der Waals surface area contributed by atoms with Crippen molar-refractivity contribution >= 4 is 0 Å². The van der Waals surface area contributed by atoms with Crippen molar-refractivity contribution in [2.45, 2.75) is 25.8 Å². The van der Waals surface area contributed by atoms with Gasteiger partial charge in [0.15, 0.2) is 11.5 Å². The van der Waals surface area contributed by atoms with Gasteiger partial charge in [-0.05, 0) is 43.0 Å². The molecule has 0 bridgehead atoms. The van der Waals surface area contributed by atoms with Gasteiger partial charge in [0.05, 0.1) is 13.7 Å². The number of aryl methyl sites for hydroxylation is 1. The Morgan fingerprint density at radius 2 is 1.81 bits per heavy atom. The summed E-state index contributed by atoms with van der Waals surface area (Å²) < 4.78 is 11.2. The molecule has 1 unspecified atom stereocenters. The minimum Gasteiger partial charge on any atom is -0.493 e. The summed E-state index contributed by atoms with van der Waals surface area (Å²) in [4.78, 5) is 0. The van der Waals surface area contributed by atoms with Gasteiger partial charge in [0.2, 0.25) is 0 Å². The second kappa shape index (κ2) is 7.70. The SMILES string of the molecule is COc1cc(C(C)N)ccc1OCCCc1ccccc1. The van der Waals surface area contributed by atoms with Crippen molar-refractivity contribution in [3.05, 3.63) is 59.7 Å². The molecule has 1 atom stereocenters. The molecule has 0 aliphatic rings. The summed E-state index contributed by atoms with van der Waals surface area (Å²) in [5.41, 5.74) is 8.26. The minimum atomic E-state index is -0.00830. The second-order valence-electron chi connectivity index (χ2n) is 5.14. The molecule has 21 heavy (non-hydrogen) atoms. The quantitative estimate of drug-likeness (QED) is 0.788. The molecule has 112 valence electrons. The van der Waals surface area contributed by atoms with Gasteiger partial charge in [-0.3, -0.25) is 0 Å². The van der Waals surface area contributed by atoms with E-state index in [2.05, 4.69) is 24.3 Å². The van der Waals surface area contributed by atoms with Gasteiger partial charge in [-0.25, -0.2) is 0 Å². The third-order valence-corrected chi connectivity index (χ3v) is 3.42. The van der Waals surface area contributed by atoms with Gasteiger partial charge >= 0.3 is 0 Å². The highest BCUT2D eigenvalue weighted by Crippen LogP contribution is 2.29. The third kappa shape index (κ3) is 4.50. The first kappa shape index (κ1) is 15.4. The molecule has 0 heterocycles. The van der Waals surface area contributed by atoms with Crippen LogP contribution in [-0.4, -0.2) is 13.7 Å². The molecule has 0 radical (unpaired) electrons. The zero-order valence-corrected chi connectivity index (χ0v) is 12.7. The van der Waals surface area contributed by atoms with Gasteiger partial charge in [-0.2, -0.15) is 0 Å². The number of rotatable bonds is 7. The van der Waals surface area contributed by atoms with Crippen molar-refractivity contribution in [1.82, 2.24) is 0 Å². The fourth-order valence-electron chi connectivity index (χ4n) is 2.19. The van der Waals surface area contributed by atoms with E-state index in [-0.39, 0.29) is 6.04 Å². The normalized spacial score (nSPS) is 12.0. The van der Waals surface area contributed by atoms with Crippen LogP contribution in [0.1, 0.15) is 30.5 Å². The van der Waals surface area contributed by atoms with Gasteiger partial charge in [-0.15, -0.1) is 0 Å². The van der Waals surface area contributed by atoms with E-state index in [9.17, 15) is 0 Å². The summed E-state index contributed by atoms with van der Waals surface area (Å²) in [5, 5.41) is 0. The maximum absolute atomic E-state index is 5.88. The van der Waals surface area contributed by atoms with Crippen molar-refractivity contribution in [3.8, 4) is 11.5 Å². The highest BCUT2D eigenvalue weighted by molar-refractivity contribution is 5.43. The Morgan fingerprint density at radius 1 is 1.05 bits per heavy atom. The van der Waals surface area contributed by atoms with E-state index in [1.807, 2.05) is 31.2 Å². The molecule has 0 spiro atoms. The molecular weight excluding hydrogens is 262 g/mol. The van der Waals surface area contributed by atoms with Gasteiger partial charge in [0.25, 0.3) is 0 Å². The molecular formula is C18H23NO2. The van der Waals surface area contributed by atoms with Crippen LogP contribution in [0, 0.1) is 0 Å². The number of ether oxygens (including phenoxy) is 2. The van der Waals surface area contributed by atoms with Gasteiger partial charge < -0.3 is 15.2 Å². The van der Waals surface area contributed by atoms with Crippen LogP contribution >= 0.6 is 0 Å². The summed E-state index contributed by atoms with van der Waals surface area (Å²) in [6.07, 6.45) is 1.99. The summed E-state index contributed by atoms with van der Waals surface area (Å²) in [7, 11) is 1.65. The standard InChI is InChI=1S/C18H23NO2/c1-14(19)16-10-11-17(18(13-16)20-2)21-12-6-9-15-7-4-3-5-8-15/h3-5,7-8,10-11,13-14H,6,9,12,19H2,1-2H3. The minimum absolute atomic E-state index is 0.00830. The summed E-state index contributed by atoms with van der Waals surface area (Å²) in [6, 6.07) is 16.3. The van der Waals surface area contributed by atoms with E-state index in [0.29, 0.717) is 6.61 Å². The highest BCUT2D eigenvalue weighted by Gasteiger charge is 2.08. The number of benzene rings is 2. The van der Waals surface area contributed by atoms with Gasteiger partial charge in [0.1, 0.15) is 0 Å². The lowest BCUT2D eigenvalue weighted by Gasteiger charge is -2.13. The van der Waals surface area contributed by atoms with E-state index in [0.717, 1.165) is 29.9 Å². The molecule has 0 amide bonds. The second-order valence-corrected chi connectivity index (χ2v) is 5.14. The Labute approximate surface area is 126 Å². The van der Waals surface area contributed by atoms with E-state index in [1.165, 1.54) is 5.56 Å². The lowest BCUT2D eigenvalue weighted by atomic mass is 10.1. The van der Waals surface area contributed by atoms with Crippen molar-refractivity contribution in [1.29, 1.82) is 0 Å². The smallest absolute Gasteiger partial charge is 0.161 e. The van der Waals surface area contributed by atoms with Crippen LogP contribution in [0.3, 0.4) is 0 Å². The fraction of sp³-hybridized carbons (Fsp3) is 0.333. The number of methoxy groups -OCH3 is 1. The van der Waals surface area contributed by atoms with Crippen LogP contribution in [0.2, 0.25) is 0 Å². The van der Waals surface area contributed by atoms with Crippen molar-refractivity contribution < 1.29 is 9.47 Å². The first-order valence-corrected chi connectivity index (χ1v) is 7.31. The van der Waals surface area contributed by atoms with Crippen LogP contribution in [0.4, 0.5) is 0 Å². The van der Waals surface area contributed by atoms with Crippen LogP contribution in [0.5, 0.6) is 11.5 Å². The molecule has 0 aliphatic heterocycles. The van der Waals surface area contributed by atoms with Crippen LogP contribution < -0.4 is 15.2 Å². The molecule has 0 aromatic heterocycles. The van der Waals surface area contributed by atoms with Crippen molar-refractivity contribution in [2.75, 3.05) is 13.7 Å². The molecule has 3 heteroatoms. The fourth-order valence-corrected chi connectivity index (χ4v) is 2.19. The van der Waals surface area contributed by atoms with E-state index in [1.54, 1.807) is 7.11 Å². The van der Waals surface area contributed by atoms with Gasteiger partial charge in [-0.1, -0.05) is 36.4 Å². The first-order valence-electron chi connectivity index (χ1n) is 7.31. The predicted octanol–water partition coefficient (Wildman–Crippen LogP) is 3.73. The van der Waals surface area contributed by atoms with Crippen molar-refractivity contribution in [2.24, 2.45) is 5.73 Å². The molecule has 0 fully saturated rings. The maximum Gasteiger partial charge on any atom is 0.161 e. The zero-order valence-electron chi connectivity index (χ0n) is 12.7. The molecule has 0 aliphatic carbocycles. The number of hydrogen-bond donors (Lipinski definition) is 1. The van der Waals surface area contributed by atoms with Crippen LogP contribution in [0.25, 0.3) is 0 Å². The molecule has 2 N–H and O–H groups in total. The average Bonchev–Trinajstić information content (AvgIpc) is 2.52. The Morgan fingerprint density at radius 3 is 2.48 bits per heavy atom. The Hall–Kier alpha value is -2.00. The summed E-state index contributed by atoms with van der Waals surface area (Å²) in [5.74, 6) is 1.51. The molecule has 3 nitrogen and oxygen atoms in total. The topological polar surface area (TPSA) is 44.5 Å². The van der Waals surface area contributed by atoms with Crippen LogP contribution in [-0.2, 0) is 6.42 Å². The highest BCUT2D eigenvalue weighted by atomic mass is 16.5. The third-order valence-electron chi connectivity index (χ3n) is 3.42. The molecule has 2 aromatic rings. The lowest BCUT2D eigenvalue weighted by Crippen LogP contribution is -2.06. The van der Waals surface area contributed by atoms with Crippen LogP contribution in [0.15, 0.2) is 48.5 Å². The number of nitrogens with two attached hydrogens (primary N) is 1. The maximum atomic E-state index is 5.88. The van der Waals surface area contributed by atoms with E-state index >= 15 is 0 Å². The van der Waals surface area contributed by atoms with Crippen molar-refractivity contribution in [3.63, 3.8) is 0 Å². The predicted molar refractivity (Wildman–Crippen MR) is 85.9 cm³/mol. The number of hydrogen-bond acceptors (Lipinski definition) is 3. The molecule has 2 aromatic carbocycles. The summed E-state index contributed by atoms with van der Waals surface area (Å²) in [6.45, 7) is 2.62. The first-order chi connectivity index (χ1) is 10.2. The molecule has 0 saturated carbocycles. The summed E-state index contributed by atoms with van der Waals surface area (Å²) >= 11 is 0. The average molecular weight is 285 g/mol.